The molecule has 0 amide bonds. The number of aromatic nitrogens is 1. The van der Waals surface area contributed by atoms with Crippen LogP contribution in [0.3, 0.4) is 0 Å². The molecule has 0 aromatic carbocycles. The first-order valence-corrected chi connectivity index (χ1v) is 7.97. The fourth-order valence-electron chi connectivity index (χ4n) is 2.64. The molecule has 1 aliphatic heterocycles. The quantitative estimate of drug-likeness (QED) is 0.802. The van der Waals surface area contributed by atoms with Gasteiger partial charge in [-0.05, 0) is 45.3 Å². The monoisotopic (exact) mass is 276 g/mol. The lowest BCUT2D eigenvalue weighted by atomic mass is 10.1. The fraction of sp³-hybridized carbons (Fsp3) is 0.688. The molecule has 2 rings (SSSR count). The summed E-state index contributed by atoms with van der Waals surface area (Å²) in [4.78, 5) is 6.92. The highest BCUT2D eigenvalue weighted by Gasteiger charge is 2.16. The van der Waals surface area contributed by atoms with E-state index in [1.54, 1.807) is 0 Å². The van der Waals surface area contributed by atoms with Gasteiger partial charge in [0.05, 0.1) is 0 Å². The van der Waals surface area contributed by atoms with Crippen molar-refractivity contribution in [2.45, 2.75) is 45.6 Å². The zero-order chi connectivity index (χ0) is 14.2. The van der Waals surface area contributed by atoms with Gasteiger partial charge in [0.1, 0.15) is 5.82 Å². The number of anilines is 2. The maximum absolute atomic E-state index is 4.33. The van der Waals surface area contributed by atoms with E-state index < -0.39 is 0 Å². The minimum absolute atomic E-state index is 0.593. The normalized spacial score (nSPS) is 17.7. The maximum Gasteiger partial charge on any atom is 0.127 e. The topological polar surface area (TPSA) is 40.2 Å². The molecular formula is C16H28N4. The van der Waals surface area contributed by atoms with E-state index in [-0.39, 0.29) is 0 Å². The fourth-order valence-corrected chi connectivity index (χ4v) is 2.64. The van der Waals surface area contributed by atoms with Crippen LogP contribution in [-0.4, -0.2) is 42.1 Å². The van der Waals surface area contributed by atoms with E-state index in [0.29, 0.717) is 6.04 Å². The van der Waals surface area contributed by atoms with E-state index in [2.05, 4.69) is 40.4 Å². The summed E-state index contributed by atoms with van der Waals surface area (Å²) in [7, 11) is 0. The summed E-state index contributed by atoms with van der Waals surface area (Å²) >= 11 is 0. The van der Waals surface area contributed by atoms with Crippen LogP contribution in [0, 0.1) is 0 Å². The summed E-state index contributed by atoms with van der Waals surface area (Å²) in [6.07, 6.45) is 7.08. The Morgan fingerprint density at radius 2 is 2.05 bits per heavy atom. The number of nitrogens with zero attached hydrogens (tertiary/aromatic N) is 2. The molecular weight excluding hydrogens is 248 g/mol. The van der Waals surface area contributed by atoms with Gasteiger partial charge >= 0.3 is 0 Å². The molecule has 1 aromatic rings. The van der Waals surface area contributed by atoms with Crippen molar-refractivity contribution in [2.75, 3.05) is 36.8 Å². The van der Waals surface area contributed by atoms with E-state index in [9.17, 15) is 0 Å². The zero-order valence-corrected chi connectivity index (χ0v) is 12.9. The van der Waals surface area contributed by atoms with Gasteiger partial charge in [0.2, 0.25) is 0 Å². The smallest absolute Gasteiger partial charge is 0.127 e. The number of pyridine rings is 1. The Kier molecular flexibility index (Phi) is 6.12. The van der Waals surface area contributed by atoms with Crippen molar-refractivity contribution < 1.29 is 0 Å². The summed E-state index contributed by atoms with van der Waals surface area (Å²) in [5, 5.41) is 6.86. The standard InChI is InChI=1S/C16H28N4/c1-3-8-17-16-12-15(7-9-18-16)19-13-14(2)20-10-5-4-6-11-20/h7,9,12,14H,3-6,8,10-11,13H2,1-2H3,(H2,17,18,19). The van der Waals surface area contributed by atoms with Crippen LogP contribution < -0.4 is 10.6 Å². The minimum Gasteiger partial charge on any atom is -0.383 e. The number of piperidine rings is 1. The van der Waals surface area contributed by atoms with E-state index in [0.717, 1.165) is 31.0 Å². The summed E-state index contributed by atoms with van der Waals surface area (Å²) in [5.74, 6) is 0.961. The average Bonchev–Trinajstić information content (AvgIpc) is 2.52. The number of likely N-dealkylation sites (tertiary alicyclic amines) is 1. The van der Waals surface area contributed by atoms with Gasteiger partial charge in [-0.25, -0.2) is 4.98 Å². The molecule has 4 nitrogen and oxygen atoms in total. The van der Waals surface area contributed by atoms with Crippen molar-refractivity contribution >= 4 is 11.5 Å². The highest BCUT2D eigenvalue weighted by atomic mass is 15.2. The van der Waals surface area contributed by atoms with E-state index in [1.807, 2.05) is 12.3 Å². The summed E-state index contributed by atoms with van der Waals surface area (Å²) in [6, 6.07) is 4.73. The van der Waals surface area contributed by atoms with Crippen LogP contribution in [0.4, 0.5) is 11.5 Å². The van der Waals surface area contributed by atoms with Gasteiger partial charge in [-0.3, -0.25) is 4.90 Å². The van der Waals surface area contributed by atoms with Gasteiger partial charge in [0.25, 0.3) is 0 Å². The van der Waals surface area contributed by atoms with E-state index in [1.165, 1.54) is 32.4 Å². The Morgan fingerprint density at radius 1 is 1.25 bits per heavy atom. The molecule has 0 spiro atoms. The van der Waals surface area contributed by atoms with Crippen LogP contribution in [0.5, 0.6) is 0 Å². The second kappa shape index (κ2) is 8.10. The molecule has 0 saturated carbocycles. The second-order valence-electron chi connectivity index (χ2n) is 5.68. The molecule has 0 radical (unpaired) electrons. The molecule has 1 aliphatic rings. The molecule has 1 saturated heterocycles. The van der Waals surface area contributed by atoms with Crippen molar-refractivity contribution in [1.82, 2.24) is 9.88 Å². The Balaban J connectivity index is 1.80. The van der Waals surface area contributed by atoms with E-state index >= 15 is 0 Å². The SMILES string of the molecule is CCCNc1cc(NCC(C)N2CCCCC2)ccn1. The first-order valence-electron chi connectivity index (χ1n) is 7.97. The number of rotatable bonds is 7. The predicted octanol–water partition coefficient (Wildman–Crippen LogP) is 3.19. The molecule has 1 aromatic heterocycles. The van der Waals surface area contributed by atoms with Crippen LogP contribution in [0.2, 0.25) is 0 Å². The summed E-state index contributed by atoms with van der Waals surface area (Å²) < 4.78 is 0. The average molecular weight is 276 g/mol. The number of nitrogens with one attached hydrogen (secondary N) is 2. The molecule has 0 aliphatic carbocycles. The lowest BCUT2D eigenvalue weighted by Crippen LogP contribution is -2.41. The molecule has 112 valence electrons. The van der Waals surface area contributed by atoms with Crippen LogP contribution >= 0.6 is 0 Å². The summed E-state index contributed by atoms with van der Waals surface area (Å²) in [6.45, 7) is 8.95. The third-order valence-corrected chi connectivity index (χ3v) is 3.93. The molecule has 2 N–H and O–H groups in total. The Hall–Kier alpha value is -1.29. The molecule has 1 unspecified atom stereocenters. The van der Waals surface area contributed by atoms with Gasteiger partial charge < -0.3 is 10.6 Å². The molecule has 20 heavy (non-hydrogen) atoms. The van der Waals surface area contributed by atoms with Crippen LogP contribution in [-0.2, 0) is 0 Å². The Bertz CT molecular complexity index is 388. The van der Waals surface area contributed by atoms with Gasteiger partial charge in [0, 0.05) is 37.1 Å². The first kappa shape index (κ1) is 15.1. The first-order chi connectivity index (χ1) is 9.79. The van der Waals surface area contributed by atoms with Gasteiger partial charge in [-0.2, -0.15) is 0 Å². The van der Waals surface area contributed by atoms with Crippen LogP contribution in [0.1, 0.15) is 39.5 Å². The van der Waals surface area contributed by atoms with Crippen molar-refractivity contribution in [3.05, 3.63) is 18.3 Å². The summed E-state index contributed by atoms with van der Waals surface area (Å²) in [5.41, 5.74) is 1.16. The predicted molar refractivity (Wildman–Crippen MR) is 86.4 cm³/mol. The van der Waals surface area contributed by atoms with Crippen molar-refractivity contribution in [1.29, 1.82) is 0 Å². The second-order valence-corrected chi connectivity index (χ2v) is 5.68. The Morgan fingerprint density at radius 3 is 2.80 bits per heavy atom. The third-order valence-electron chi connectivity index (χ3n) is 3.93. The van der Waals surface area contributed by atoms with E-state index in [4.69, 9.17) is 0 Å². The van der Waals surface area contributed by atoms with Gasteiger partial charge in [0.15, 0.2) is 0 Å². The van der Waals surface area contributed by atoms with Gasteiger partial charge in [-0.1, -0.05) is 13.3 Å². The molecule has 4 heteroatoms. The van der Waals surface area contributed by atoms with Crippen LogP contribution in [0.25, 0.3) is 0 Å². The number of hydrogen-bond donors (Lipinski definition) is 2. The largest absolute Gasteiger partial charge is 0.383 e. The van der Waals surface area contributed by atoms with Crippen LogP contribution in [0.15, 0.2) is 18.3 Å². The lowest BCUT2D eigenvalue weighted by Gasteiger charge is -2.32. The van der Waals surface area contributed by atoms with Gasteiger partial charge in [-0.15, -0.1) is 0 Å². The number of hydrogen-bond acceptors (Lipinski definition) is 4. The zero-order valence-electron chi connectivity index (χ0n) is 12.9. The highest BCUT2D eigenvalue weighted by molar-refractivity contribution is 5.51. The molecule has 0 bridgehead atoms. The Labute approximate surface area is 123 Å². The third kappa shape index (κ3) is 4.67. The maximum atomic E-state index is 4.33. The van der Waals surface area contributed by atoms with Crippen molar-refractivity contribution in [3.63, 3.8) is 0 Å². The molecule has 2 heterocycles. The minimum atomic E-state index is 0.593. The van der Waals surface area contributed by atoms with Crippen molar-refractivity contribution in [2.24, 2.45) is 0 Å². The highest BCUT2D eigenvalue weighted by Crippen LogP contribution is 2.15. The molecule has 1 fully saturated rings. The lowest BCUT2D eigenvalue weighted by molar-refractivity contribution is 0.180. The molecule has 1 atom stereocenters. The van der Waals surface area contributed by atoms with Crippen molar-refractivity contribution in [3.8, 4) is 0 Å².